The molecule has 0 saturated carbocycles. The maximum absolute atomic E-state index is 13.5. The Balaban J connectivity index is 1.03. The van der Waals surface area contributed by atoms with Gasteiger partial charge in [0.1, 0.15) is 5.82 Å². The molecule has 4 aliphatic rings. The predicted octanol–water partition coefficient (Wildman–Crippen LogP) is 5.81. The van der Waals surface area contributed by atoms with E-state index in [4.69, 9.17) is 0 Å². The highest BCUT2D eigenvalue weighted by atomic mass is 32.2. The Morgan fingerprint density at radius 1 is 0.754 bits per heavy atom. The van der Waals surface area contributed by atoms with Crippen molar-refractivity contribution < 1.29 is 26.4 Å². The lowest BCUT2D eigenvalue weighted by molar-refractivity contribution is 0.255. The molecule has 2 heterocycles. The van der Waals surface area contributed by atoms with Crippen LogP contribution in [0.1, 0.15) is 101 Å². The highest BCUT2D eigenvalue weighted by molar-refractivity contribution is 7.90. The summed E-state index contributed by atoms with van der Waals surface area (Å²) in [6.45, 7) is 5.52. The van der Waals surface area contributed by atoms with Gasteiger partial charge in [-0.05, 0) is 146 Å². The molecule has 4 aliphatic carbocycles. The Labute approximate surface area is 333 Å². The monoisotopic (exact) mass is 812 g/mol. The first-order valence-electron chi connectivity index (χ1n) is 19.6. The van der Waals surface area contributed by atoms with Crippen molar-refractivity contribution in [3.8, 4) is 0 Å². The molecule has 0 spiro atoms. The number of benzene rings is 2. The first kappa shape index (κ1) is 38.8. The number of amides is 4. The van der Waals surface area contributed by atoms with Crippen LogP contribution in [-0.2, 0) is 65.0 Å². The lowest BCUT2D eigenvalue weighted by atomic mass is 9.84. The number of carbonyl (C=O) groups excluding carboxylic acids is 2. The maximum Gasteiger partial charge on any atom is 0.333 e. The molecule has 2 aromatic carbocycles. The molecule has 0 aliphatic heterocycles. The van der Waals surface area contributed by atoms with Crippen molar-refractivity contribution >= 4 is 49.3 Å². The summed E-state index contributed by atoms with van der Waals surface area (Å²) in [5, 5.41) is 5.46. The summed E-state index contributed by atoms with van der Waals surface area (Å²) in [6, 6.07) is 7.45. The summed E-state index contributed by atoms with van der Waals surface area (Å²) >= 11 is 0. The van der Waals surface area contributed by atoms with Gasteiger partial charge < -0.3 is 15.5 Å². The van der Waals surface area contributed by atoms with Crippen molar-refractivity contribution in [1.29, 1.82) is 0 Å². The van der Waals surface area contributed by atoms with E-state index in [0.29, 0.717) is 29.3 Å². The number of anilines is 3. The third-order valence-electron chi connectivity index (χ3n) is 11.9. The first-order valence-corrected chi connectivity index (χ1v) is 22.5. The lowest BCUT2D eigenvalue weighted by Gasteiger charge is -2.22. The summed E-state index contributed by atoms with van der Waals surface area (Å²) in [6.07, 6.45) is 9.81. The summed E-state index contributed by atoms with van der Waals surface area (Å²) < 4.78 is 57.6. The second-order valence-electron chi connectivity index (χ2n) is 16.2. The van der Waals surface area contributed by atoms with E-state index in [1.165, 1.54) is 35.0 Å². The van der Waals surface area contributed by atoms with Crippen LogP contribution in [0.2, 0.25) is 0 Å². The predicted molar refractivity (Wildman–Crippen MR) is 217 cm³/mol. The number of hydrogen-bond acceptors (Lipinski definition) is 10. The number of pyridine rings is 1. The van der Waals surface area contributed by atoms with Crippen LogP contribution in [0.5, 0.6) is 0 Å². The number of carbonyl (C=O) groups is 2. The zero-order valence-corrected chi connectivity index (χ0v) is 34.5. The Morgan fingerprint density at radius 2 is 1.40 bits per heavy atom. The minimum atomic E-state index is -4.37. The Kier molecular flexibility index (Phi) is 9.99. The zero-order valence-electron chi connectivity index (χ0n) is 32.8. The second kappa shape index (κ2) is 14.7. The highest BCUT2D eigenvalue weighted by Gasteiger charge is 2.39. The number of aromatic nitrogens is 3. The van der Waals surface area contributed by atoms with Crippen molar-refractivity contribution in [3.63, 3.8) is 0 Å². The Bertz CT molecular complexity index is 2560. The fraction of sp³-hybridized carbons (Fsp3) is 0.439. The summed E-state index contributed by atoms with van der Waals surface area (Å²) in [4.78, 5) is 41.1. The molecule has 0 radical (unpaired) electrons. The molecule has 2 unspecified atom stereocenters. The molecule has 0 bridgehead atoms. The van der Waals surface area contributed by atoms with Crippen molar-refractivity contribution in [2.75, 3.05) is 29.6 Å². The third kappa shape index (κ3) is 7.44. The molecule has 4 amide bonds. The normalized spacial score (nSPS) is 18.1. The maximum atomic E-state index is 13.5. The van der Waals surface area contributed by atoms with E-state index in [2.05, 4.69) is 47.2 Å². The van der Waals surface area contributed by atoms with Gasteiger partial charge in [-0.25, -0.2) is 32.4 Å². The van der Waals surface area contributed by atoms with E-state index in [1.807, 2.05) is 13.8 Å². The molecule has 4 aromatic rings. The van der Waals surface area contributed by atoms with Gasteiger partial charge in [0.15, 0.2) is 0 Å². The van der Waals surface area contributed by atoms with Gasteiger partial charge in [-0.1, -0.05) is 26.0 Å². The van der Waals surface area contributed by atoms with E-state index in [1.54, 1.807) is 32.0 Å². The van der Waals surface area contributed by atoms with Crippen LogP contribution in [0.3, 0.4) is 0 Å². The fourth-order valence-corrected chi connectivity index (χ4v) is 11.0. The molecule has 0 fully saturated rings. The molecule has 16 heteroatoms. The molecule has 4 N–H and O–H groups in total. The average molecular weight is 813 g/mol. The number of fused-ring (bicyclic) bond motifs is 4. The van der Waals surface area contributed by atoms with Gasteiger partial charge in [0, 0.05) is 49.1 Å². The largest absolute Gasteiger partial charge is 0.363 e. The Morgan fingerprint density at radius 3 is 2.07 bits per heavy atom. The number of aryl methyl sites for hydroxylation is 3. The molecule has 57 heavy (non-hydrogen) atoms. The van der Waals surface area contributed by atoms with E-state index in [-0.39, 0.29) is 22.6 Å². The summed E-state index contributed by atoms with van der Waals surface area (Å²) in [7, 11) is -5.02. The van der Waals surface area contributed by atoms with Crippen LogP contribution < -0.4 is 25.0 Å². The van der Waals surface area contributed by atoms with Gasteiger partial charge >= 0.3 is 22.1 Å². The van der Waals surface area contributed by atoms with E-state index < -0.39 is 37.3 Å². The highest BCUT2D eigenvalue weighted by Crippen LogP contribution is 2.51. The molecule has 14 nitrogen and oxygen atoms in total. The van der Waals surface area contributed by atoms with Gasteiger partial charge in [0.2, 0.25) is 0 Å². The number of nitrogens with zero attached hydrogens (tertiary/aromatic N) is 4. The molecular formula is C41H48N8O6S2. The van der Waals surface area contributed by atoms with Gasteiger partial charge in [0.25, 0.3) is 15.2 Å². The molecule has 8 rings (SSSR count). The Hall–Kier alpha value is -5.09. The summed E-state index contributed by atoms with van der Waals surface area (Å²) in [5.41, 5.74) is 11.4. The van der Waals surface area contributed by atoms with Gasteiger partial charge in [-0.3, -0.25) is 4.98 Å². The quantitative estimate of drug-likeness (QED) is 0.150. The van der Waals surface area contributed by atoms with E-state index in [0.717, 1.165) is 91.3 Å². The number of sulfonamides is 2. The van der Waals surface area contributed by atoms with Crippen LogP contribution in [-0.4, -0.2) is 57.9 Å². The molecule has 0 saturated heterocycles. The van der Waals surface area contributed by atoms with Crippen molar-refractivity contribution in [2.24, 2.45) is 5.92 Å². The number of urea groups is 2. The zero-order chi connectivity index (χ0) is 40.4. The minimum Gasteiger partial charge on any atom is -0.363 e. The van der Waals surface area contributed by atoms with Gasteiger partial charge in [-0.2, -0.15) is 13.4 Å². The smallest absolute Gasteiger partial charge is 0.333 e. The average Bonchev–Trinajstić information content (AvgIpc) is 3.97. The molecule has 2 aromatic heterocycles. The minimum absolute atomic E-state index is 0.0152. The van der Waals surface area contributed by atoms with Crippen LogP contribution in [0.15, 0.2) is 46.6 Å². The summed E-state index contributed by atoms with van der Waals surface area (Å²) in [5.74, 6) is 0.822. The second-order valence-corrected chi connectivity index (χ2v) is 19.5. The number of nitrogens with one attached hydrogen (secondary N) is 4. The molecule has 300 valence electrons. The lowest BCUT2D eigenvalue weighted by Crippen LogP contribution is -2.36. The van der Waals surface area contributed by atoms with E-state index >= 15 is 0 Å². The van der Waals surface area contributed by atoms with Gasteiger partial charge in [-0.15, -0.1) is 0 Å². The van der Waals surface area contributed by atoms with Crippen LogP contribution in [0.25, 0.3) is 0 Å². The van der Waals surface area contributed by atoms with Crippen molar-refractivity contribution in [3.05, 3.63) is 92.4 Å². The van der Waals surface area contributed by atoms with Crippen molar-refractivity contribution in [1.82, 2.24) is 24.4 Å². The van der Waals surface area contributed by atoms with Crippen molar-refractivity contribution in [2.45, 2.75) is 107 Å². The SMILES string of the molecule is Cc1cc(N(C)C)nc(S(=O)(=O)NC(=O)Nc2c3c(cc4c2CC(C2CCc5c2cc2c(c5NC(=O)NS(=O)(=O)c5ccnc(C(C)C)c5)CCC2)C4)CCC3)n1. The first-order chi connectivity index (χ1) is 27.1. The standard InChI is InChI=1S/C41H48N8O6S2/c1-22(2)35-21-28(14-15-42-35)56(52,53)47-39(50)45-37-31-11-7-9-25(31)19-34-29(12-13-32(34)37)27-18-26-17-24-8-6-10-30(24)38(33(26)20-27)46-40(51)48-57(54,55)41-43-23(3)16-36(44-41)49(4)5/h14-17,19,21-22,27,29H,6-13,18,20H2,1-5H3,(H2,45,47,50)(H2,46,48,51). The number of hydrogen-bond donors (Lipinski definition) is 4. The topological polar surface area (TPSA) is 192 Å². The molecular weight excluding hydrogens is 765 g/mol. The van der Waals surface area contributed by atoms with Crippen LogP contribution in [0.4, 0.5) is 26.8 Å². The molecule has 2 atom stereocenters. The van der Waals surface area contributed by atoms with Crippen LogP contribution >= 0.6 is 0 Å². The van der Waals surface area contributed by atoms with Crippen LogP contribution in [0, 0.1) is 12.8 Å². The number of rotatable bonds is 9. The van der Waals surface area contributed by atoms with E-state index in [9.17, 15) is 26.4 Å². The van der Waals surface area contributed by atoms with Gasteiger partial charge in [0.05, 0.1) is 4.90 Å². The fourth-order valence-electron chi connectivity index (χ4n) is 9.24. The third-order valence-corrected chi connectivity index (χ3v) is 14.3.